The van der Waals surface area contributed by atoms with Crippen LogP contribution in [-0.2, 0) is 9.53 Å². The second-order valence-corrected chi connectivity index (χ2v) is 5.32. The Kier molecular flexibility index (Phi) is 7.74. The summed E-state index contributed by atoms with van der Waals surface area (Å²) in [6, 6.07) is 0. The molecule has 1 aliphatic rings. The van der Waals surface area contributed by atoms with Gasteiger partial charge in [-0.2, -0.15) is 13.2 Å². The Labute approximate surface area is 114 Å². The van der Waals surface area contributed by atoms with Crippen molar-refractivity contribution in [3.8, 4) is 0 Å². The third-order valence-electron chi connectivity index (χ3n) is 3.56. The second-order valence-electron chi connectivity index (χ2n) is 5.32. The highest BCUT2D eigenvalue weighted by molar-refractivity contribution is 5.76. The van der Waals surface area contributed by atoms with E-state index < -0.39 is 29.6 Å². The molecular weight excluding hydrogens is 257 g/mol. The Morgan fingerprint density at radius 3 is 2.11 bits per heavy atom. The van der Waals surface area contributed by atoms with Gasteiger partial charge in [-0.05, 0) is 39.5 Å². The predicted octanol–water partition coefficient (Wildman–Crippen LogP) is 4.97. The Balaban J connectivity index is 0. The van der Waals surface area contributed by atoms with Crippen molar-refractivity contribution in [3.63, 3.8) is 0 Å². The molecule has 0 aromatic rings. The van der Waals surface area contributed by atoms with Crippen molar-refractivity contribution in [2.75, 3.05) is 0 Å². The van der Waals surface area contributed by atoms with Crippen molar-refractivity contribution < 1.29 is 22.7 Å². The maximum Gasteiger partial charge on any atom is 0.391 e. The highest BCUT2D eigenvalue weighted by Crippen LogP contribution is 2.40. The van der Waals surface area contributed by atoms with Crippen molar-refractivity contribution in [2.45, 2.75) is 73.6 Å². The number of rotatable bonds is 3. The van der Waals surface area contributed by atoms with E-state index >= 15 is 0 Å². The van der Waals surface area contributed by atoms with Crippen LogP contribution in [0.2, 0.25) is 0 Å². The summed E-state index contributed by atoms with van der Waals surface area (Å²) >= 11 is 0. The highest BCUT2D eigenvalue weighted by atomic mass is 19.4. The van der Waals surface area contributed by atoms with Gasteiger partial charge in [-0.1, -0.05) is 21.8 Å². The van der Waals surface area contributed by atoms with Gasteiger partial charge in [0.2, 0.25) is 0 Å². The summed E-state index contributed by atoms with van der Waals surface area (Å²) in [5.41, 5.74) is -0.615. The standard InChI is InChI=1S/C12H19F3O2.2CH4/c1-4-11(2,3)10(16)17-9-6-5-8(7-9)12(13,14)15;;/h8-9H,4-7H2,1-3H3;2*1H4. The van der Waals surface area contributed by atoms with Gasteiger partial charge in [0.1, 0.15) is 6.10 Å². The molecule has 1 fully saturated rings. The molecule has 0 spiro atoms. The SMILES string of the molecule is C.C.CCC(C)(C)C(=O)OC1CCC(C(F)(F)F)C1. The highest BCUT2D eigenvalue weighted by Gasteiger charge is 2.45. The average Bonchev–Trinajstić information content (AvgIpc) is 2.65. The summed E-state index contributed by atoms with van der Waals surface area (Å²) in [6.07, 6.45) is -3.83. The Morgan fingerprint density at radius 2 is 1.74 bits per heavy atom. The number of hydrogen-bond donors (Lipinski definition) is 0. The fraction of sp³-hybridized carbons (Fsp3) is 0.929. The molecule has 5 heteroatoms. The van der Waals surface area contributed by atoms with Crippen LogP contribution in [0.25, 0.3) is 0 Å². The first-order chi connectivity index (χ1) is 7.66. The van der Waals surface area contributed by atoms with Crippen molar-refractivity contribution in [1.29, 1.82) is 0 Å². The summed E-state index contributed by atoms with van der Waals surface area (Å²) in [5, 5.41) is 0. The van der Waals surface area contributed by atoms with E-state index in [9.17, 15) is 18.0 Å². The van der Waals surface area contributed by atoms with E-state index in [0.29, 0.717) is 12.8 Å². The molecule has 0 radical (unpaired) electrons. The van der Waals surface area contributed by atoms with Crippen LogP contribution in [0.3, 0.4) is 0 Å². The molecule has 0 amide bonds. The second kappa shape index (κ2) is 7.15. The molecule has 1 rings (SSSR count). The quantitative estimate of drug-likeness (QED) is 0.684. The van der Waals surface area contributed by atoms with Gasteiger partial charge in [0, 0.05) is 0 Å². The fourth-order valence-electron chi connectivity index (χ4n) is 1.80. The average molecular weight is 284 g/mol. The predicted molar refractivity (Wildman–Crippen MR) is 70.8 cm³/mol. The van der Waals surface area contributed by atoms with E-state index in [2.05, 4.69) is 0 Å². The molecular formula is C14H27F3O2. The van der Waals surface area contributed by atoms with Crippen molar-refractivity contribution in [1.82, 2.24) is 0 Å². The topological polar surface area (TPSA) is 26.3 Å². The van der Waals surface area contributed by atoms with Gasteiger partial charge < -0.3 is 4.74 Å². The lowest BCUT2D eigenvalue weighted by Crippen LogP contribution is -2.30. The Bertz CT molecular complexity index is 285. The Hall–Kier alpha value is -0.740. The first-order valence-corrected chi connectivity index (χ1v) is 5.94. The van der Waals surface area contributed by atoms with Gasteiger partial charge in [0.15, 0.2) is 0 Å². The van der Waals surface area contributed by atoms with Crippen LogP contribution >= 0.6 is 0 Å². The zero-order chi connectivity index (χ0) is 13.3. The smallest absolute Gasteiger partial charge is 0.391 e. The monoisotopic (exact) mass is 284 g/mol. The maximum absolute atomic E-state index is 12.4. The summed E-state index contributed by atoms with van der Waals surface area (Å²) in [5.74, 6) is -1.71. The minimum Gasteiger partial charge on any atom is -0.462 e. The van der Waals surface area contributed by atoms with E-state index in [0.717, 1.165) is 0 Å². The van der Waals surface area contributed by atoms with Crippen LogP contribution in [0, 0.1) is 11.3 Å². The van der Waals surface area contributed by atoms with Gasteiger partial charge in [-0.25, -0.2) is 0 Å². The molecule has 1 saturated carbocycles. The van der Waals surface area contributed by atoms with E-state index in [4.69, 9.17) is 4.74 Å². The number of carbonyl (C=O) groups is 1. The van der Waals surface area contributed by atoms with Crippen LogP contribution in [0.1, 0.15) is 61.3 Å². The van der Waals surface area contributed by atoms with Crippen LogP contribution in [-0.4, -0.2) is 18.2 Å². The maximum atomic E-state index is 12.4. The first-order valence-electron chi connectivity index (χ1n) is 5.94. The molecule has 0 saturated heterocycles. The minimum atomic E-state index is -4.17. The van der Waals surface area contributed by atoms with Crippen molar-refractivity contribution >= 4 is 5.97 Å². The number of halogens is 3. The largest absolute Gasteiger partial charge is 0.462 e. The molecule has 0 bridgehead atoms. The van der Waals surface area contributed by atoms with E-state index in [-0.39, 0.29) is 27.7 Å². The molecule has 2 nitrogen and oxygen atoms in total. The van der Waals surface area contributed by atoms with Gasteiger partial charge in [0.05, 0.1) is 11.3 Å². The summed E-state index contributed by atoms with van der Waals surface area (Å²) < 4.78 is 42.4. The van der Waals surface area contributed by atoms with Crippen molar-refractivity contribution in [3.05, 3.63) is 0 Å². The number of esters is 1. The molecule has 0 N–H and O–H groups in total. The molecule has 0 aliphatic heterocycles. The number of hydrogen-bond acceptors (Lipinski definition) is 2. The molecule has 0 heterocycles. The Morgan fingerprint density at radius 1 is 1.21 bits per heavy atom. The third-order valence-corrected chi connectivity index (χ3v) is 3.56. The molecule has 116 valence electrons. The van der Waals surface area contributed by atoms with Gasteiger partial charge in [0.25, 0.3) is 0 Å². The number of ether oxygens (including phenoxy) is 1. The lowest BCUT2D eigenvalue weighted by atomic mass is 9.90. The number of alkyl halides is 3. The van der Waals surface area contributed by atoms with Crippen LogP contribution < -0.4 is 0 Å². The third kappa shape index (κ3) is 5.41. The summed E-state index contributed by atoms with van der Waals surface area (Å²) in [6.45, 7) is 5.34. The van der Waals surface area contributed by atoms with Crippen LogP contribution in [0.5, 0.6) is 0 Å². The molecule has 2 unspecified atom stereocenters. The molecule has 2 atom stereocenters. The van der Waals surface area contributed by atoms with Crippen molar-refractivity contribution in [2.24, 2.45) is 11.3 Å². The number of carbonyl (C=O) groups excluding carboxylic acids is 1. The molecule has 19 heavy (non-hydrogen) atoms. The normalized spacial score (nSPS) is 23.3. The van der Waals surface area contributed by atoms with Crippen LogP contribution in [0.4, 0.5) is 13.2 Å². The molecule has 0 aromatic carbocycles. The molecule has 1 aliphatic carbocycles. The lowest BCUT2D eigenvalue weighted by molar-refractivity contribution is -0.178. The minimum absolute atomic E-state index is 0. The zero-order valence-electron chi connectivity index (χ0n) is 10.4. The van der Waals surface area contributed by atoms with E-state index in [1.807, 2.05) is 6.92 Å². The van der Waals surface area contributed by atoms with Gasteiger partial charge in [-0.3, -0.25) is 4.79 Å². The van der Waals surface area contributed by atoms with E-state index in [1.165, 1.54) is 0 Å². The summed E-state index contributed by atoms with van der Waals surface area (Å²) in [4.78, 5) is 11.7. The van der Waals surface area contributed by atoms with Gasteiger partial charge >= 0.3 is 12.1 Å². The fourth-order valence-corrected chi connectivity index (χ4v) is 1.80. The summed E-state index contributed by atoms with van der Waals surface area (Å²) in [7, 11) is 0. The zero-order valence-corrected chi connectivity index (χ0v) is 10.4. The van der Waals surface area contributed by atoms with Gasteiger partial charge in [-0.15, -0.1) is 0 Å². The first kappa shape index (κ1) is 20.6. The lowest BCUT2D eigenvalue weighted by Gasteiger charge is -2.23. The van der Waals surface area contributed by atoms with E-state index in [1.54, 1.807) is 13.8 Å². The van der Waals surface area contributed by atoms with Crippen LogP contribution in [0.15, 0.2) is 0 Å². The molecule has 0 aromatic heterocycles.